The van der Waals surface area contributed by atoms with Crippen LogP contribution in [0.25, 0.3) is 0 Å². The topological polar surface area (TPSA) is 40.6 Å². The van der Waals surface area contributed by atoms with E-state index in [1.807, 2.05) is 38.1 Å². The molecule has 1 saturated heterocycles. The molecule has 4 nitrogen and oxygen atoms in total. The number of halogens is 3. The van der Waals surface area contributed by atoms with Crippen molar-refractivity contribution in [1.29, 1.82) is 0 Å². The van der Waals surface area contributed by atoms with Crippen molar-refractivity contribution in [3.05, 3.63) is 62.5 Å². The van der Waals surface area contributed by atoms with E-state index in [-0.39, 0.29) is 18.0 Å². The number of rotatable bonds is 4. The zero-order chi connectivity index (χ0) is 19.9. The molecule has 0 spiro atoms. The lowest BCUT2D eigenvalue weighted by atomic mass is 9.90. The van der Waals surface area contributed by atoms with Gasteiger partial charge in [-0.05, 0) is 56.7 Å². The van der Waals surface area contributed by atoms with Gasteiger partial charge in [0, 0.05) is 27.0 Å². The number of hydrogen-bond donors (Lipinski definition) is 0. The minimum Gasteiger partial charge on any atom is -0.307 e. The molecule has 0 bridgehead atoms. The zero-order valence-electron chi connectivity index (χ0n) is 15.2. The molecular formula is C20H19BrCl2N2O2. The highest BCUT2D eigenvalue weighted by Gasteiger charge is 2.55. The first-order chi connectivity index (χ1) is 12.6. The van der Waals surface area contributed by atoms with Gasteiger partial charge in [0.1, 0.15) is 5.54 Å². The van der Waals surface area contributed by atoms with Gasteiger partial charge in [-0.15, -0.1) is 0 Å². The maximum Gasteiger partial charge on any atom is 0.332 e. The summed E-state index contributed by atoms with van der Waals surface area (Å²) in [6.07, 6.45) is 0.411. The van der Waals surface area contributed by atoms with Gasteiger partial charge in [0.15, 0.2) is 0 Å². The fourth-order valence-electron chi connectivity index (χ4n) is 3.60. The molecule has 1 fully saturated rings. The van der Waals surface area contributed by atoms with Crippen molar-refractivity contribution in [2.45, 2.75) is 38.8 Å². The fraction of sp³-hybridized carbons (Fsp3) is 0.300. The Bertz CT molecular complexity index is 881. The second-order valence-electron chi connectivity index (χ2n) is 7.09. The third-order valence-electron chi connectivity index (χ3n) is 4.68. The van der Waals surface area contributed by atoms with Crippen molar-refractivity contribution in [2.75, 3.05) is 4.90 Å². The Morgan fingerprint density at radius 3 is 2.11 bits per heavy atom. The third-order valence-corrected chi connectivity index (χ3v) is 5.64. The molecule has 142 valence electrons. The molecule has 0 aromatic heterocycles. The number of benzene rings is 2. The van der Waals surface area contributed by atoms with E-state index in [9.17, 15) is 9.59 Å². The third kappa shape index (κ3) is 3.73. The highest BCUT2D eigenvalue weighted by Crippen LogP contribution is 2.38. The number of imide groups is 1. The maximum absolute atomic E-state index is 13.4. The summed E-state index contributed by atoms with van der Waals surface area (Å²) in [5.74, 6) is -0.289. The predicted molar refractivity (Wildman–Crippen MR) is 113 cm³/mol. The first-order valence-electron chi connectivity index (χ1n) is 8.52. The van der Waals surface area contributed by atoms with Crippen molar-refractivity contribution in [3.8, 4) is 0 Å². The molecule has 3 rings (SSSR count). The van der Waals surface area contributed by atoms with Crippen LogP contribution in [0.3, 0.4) is 0 Å². The lowest BCUT2D eigenvalue weighted by Crippen LogP contribution is -2.51. The van der Waals surface area contributed by atoms with Crippen LogP contribution in [-0.4, -0.2) is 28.4 Å². The molecule has 1 heterocycles. The standard InChI is InChI=1S/C20H19BrCl2N2O2/c1-12(2)25-19(27)24(17-9-15(22)8-16(23)10-17)18(26)20(25,3)11-13-4-6-14(21)7-5-13/h4-10,12H,11H2,1-3H3. The van der Waals surface area contributed by atoms with Gasteiger partial charge in [-0.1, -0.05) is 51.3 Å². The average Bonchev–Trinajstić information content (AvgIpc) is 2.75. The predicted octanol–water partition coefficient (Wildman–Crippen LogP) is 5.93. The molecule has 1 aliphatic heterocycles. The Hall–Kier alpha value is -1.56. The molecule has 2 aromatic rings. The number of hydrogen-bond acceptors (Lipinski definition) is 2. The monoisotopic (exact) mass is 468 g/mol. The largest absolute Gasteiger partial charge is 0.332 e. The summed E-state index contributed by atoms with van der Waals surface area (Å²) < 4.78 is 0.959. The van der Waals surface area contributed by atoms with Gasteiger partial charge in [-0.2, -0.15) is 0 Å². The normalized spacial score (nSPS) is 20.1. The fourth-order valence-corrected chi connectivity index (χ4v) is 4.38. The molecular weight excluding hydrogens is 451 g/mol. The van der Waals surface area contributed by atoms with Crippen LogP contribution in [0.1, 0.15) is 26.3 Å². The van der Waals surface area contributed by atoms with E-state index in [0.29, 0.717) is 22.2 Å². The number of amides is 3. The van der Waals surface area contributed by atoms with Crippen LogP contribution in [0, 0.1) is 0 Å². The molecule has 0 N–H and O–H groups in total. The van der Waals surface area contributed by atoms with Crippen LogP contribution in [0.4, 0.5) is 10.5 Å². The van der Waals surface area contributed by atoms with Gasteiger partial charge in [0.05, 0.1) is 5.69 Å². The van der Waals surface area contributed by atoms with Gasteiger partial charge in [0.25, 0.3) is 5.91 Å². The summed E-state index contributed by atoms with van der Waals surface area (Å²) >= 11 is 15.6. The van der Waals surface area contributed by atoms with Crippen molar-refractivity contribution in [3.63, 3.8) is 0 Å². The Morgan fingerprint density at radius 1 is 1.04 bits per heavy atom. The molecule has 1 unspecified atom stereocenters. The summed E-state index contributed by atoms with van der Waals surface area (Å²) in [6, 6.07) is 11.9. The number of carbonyl (C=O) groups is 2. The summed E-state index contributed by atoms with van der Waals surface area (Å²) in [5.41, 5.74) is 0.347. The number of anilines is 1. The quantitative estimate of drug-likeness (QED) is 0.520. The minimum atomic E-state index is -1.01. The molecule has 2 aromatic carbocycles. The Kier molecular flexibility index (Phi) is 5.57. The molecule has 3 amide bonds. The second kappa shape index (κ2) is 7.46. The van der Waals surface area contributed by atoms with Crippen molar-refractivity contribution in [2.24, 2.45) is 0 Å². The van der Waals surface area contributed by atoms with Crippen LogP contribution in [0.2, 0.25) is 10.0 Å². The smallest absolute Gasteiger partial charge is 0.307 e. The van der Waals surface area contributed by atoms with Crippen molar-refractivity contribution >= 4 is 56.8 Å². The van der Waals surface area contributed by atoms with E-state index in [0.717, 1.165) is 10.0 Å². The van der Waals surface area contributed by atoms with E-state index in [1.165, 1.54) is 4.90 Å². The number of urea groups is 1. The van der Waals surface area contributed by atoms with E-state index in [1.54, 1.807) is 30.0 Å². The molecule has 27 heavy (non-hydrogen) atoms. The summed E-state index contributed by atoms with van der Waals surface area (Å²) in [5, 5.41) is 0.742. The summed E-state index contributed by atoms with van der Waals surface area (Å²) in [4.78, 5) is 29.4. The average molecular weight is 470 g/mol. The second-order valence-corrected chi connectivity index (χ2v) is 8.88. The van der Waals surface area contributed by atoms with Gasteiger partial charge in [-0.3, -0.25) is 4.79 Å². The number of nitrogens with zero attached hydrogens (tertiary/aromatic N) is 2. The molecule has 0 aliphatic carbocycles. The van der Waals surface area contributed by atoms with E-state index in [4.69, 9.17) is 23.2 Å². The SMILES string of the molecule is CC(C)N1C(=O)N(c2cc(Cl)cc(Cl)c2)C(=O)C1(C)Cc1ccc(Br)cc1. The zero-order valence-corrected chi connectivity index (χ0v) is 18.3. The lowest BCUT2D eigenvalue weighted by molar-refractivity contribution is -0.124. The van der Waals surface area contributed by atoms with E-state index < -0.39 is 5.54 Å². The molecule has 7 heteroatoms. The highest BCUT2D eigenvalue weighted by molar-refractivity contribution is 9.10. The maximum atomic E-state index is 13.4. The van der Waals surface area contributed by atoms with Gasteiger partial charge in [0.2, 0.25) is 0 Å². The van der Waals surface area contributed by atoms with Crippen LogP contribution in [0.15, 0.2) is 46.9 Å². The lowest BCUT2D eigenvalue weighted by Gasteiger charge is -2.34. The first kappa shape index (κ1) is 20.2. The first-order valence-corrected chi connectivity index (χ1v) is 10.1. The van der Waals surface area contributed by atoms with Crippen LogP contribution >= 0.6 is 39.1 Å². The number of carbonyl (C=O) groups excluding carboxylic acids is 2. The Balaban J connectivity index is 2.05. The molecule has 0 radical (unpaired) electrons. The molecule has 1 atom stereocenters. The van der Waals surface area contributed by atoms with Crippen LogP contribution in [-0.2, 0) is 11.2 Å². The van der Waals surface area contributed by atoms with Crippen molar-refractivity contribution in [1.82, 2.24) is 4.90 Å². The highest BCUT2D eigenvalue weighted by atomic mass is 79.9. The van der Waals surface area contributed by atoms with Crippen LogP contribution < -0.4 is 4.90 Å². The Labute approximate surface area is 177 Å². The van der Waals surface area contributed by atoms with E-state index >= 15 is 0 Å². The minimum absolute atomic E-state index is 0.151. The Morgan fingerprint density at radius 2 is 1.59 bits per heavy atom. The molecule has 0 saturated carbocycles. The van der Waals surface area contributed by atoms with Gasteiger partial charge < -0.3 is 4.90 Å². The van der Waals surface area contributed by atoms with Crippen molar-refractivity contribution < 1.29 is 9.59 Å². The van der Waals surface area contributed by atoms with Crippen LogP contribution in [0.5, 0.6) is 0 Å². The van der Waals surface area contributed by atoms with E-state index in [2.05, 4.69) is 15.9 Å². The molecule has 1 aliphatic rings. The van der Waals surface area contributed by atoms with Gasteiger partial charge in [-0.25, -0.2) is 9.69 Å². The van der Waals surface area contributed by atoms with Gasteiger partial charge >= 0.3 is 6.03 Å². The summed E-state index contributed by atoms with van der Waals surface area (Å²) in [6.45, 7) is 5.61. The summed E-state index contributed by atoms with van der Waals surface area (Å²) in [7, 11) is 0.